The van der Waals surface area contributed by atoms with Gasteiger partial charge in [-0.15, -0.1) is 0 Å². The molecular formula is C12H9ClF3NO3S. The van der Waals surface area contributed by atoms with Gasteiger partial charge in [-0.25, -0.2) is 8.42 Å². The average Bonchev–Trinajstić information content (AvgIpc) is 2.68. The molecule has 1 aliphatic rings. The third kappa shape index (κ3) is 3.56. The number of carbonyl (C=O) groups is 1. The van der Waals surface area contributed by atoms with E-state index in [0.717, 1.165) is 11.5 Å². The Labute approximate surface area is 123 Å². The van der Waals surface area contributed by atoms with Gasteiger partial charge in [0.2, 0.25) is 0 Å². The van der Waals surface area contributed by atoms with Gasteiger partial charge >= 0.3 is 12.1 Å². The quantitative estimate of drug-likeness (QED) is 0.832. The van der Waals surface area contributed by atoms with E-state index in [1.165, 1.54) is 24.3 Å². The van der Waals surface area contributed by atoms with Gasteiger partial charge in [-0.2, -0.15) is 13.2 Å². The second-order valence-corrected chi connectivity index (χ2v) is 6.75. The van der Waals surface area contributed by atoms with E-state index in [-0.39, 0.29) is 10.7 Å². The fourth-order valence-electron chi connectivity index (χ4n) is 1.94. The summed E-state index contributed by atoms with van der Waals surface area (Å²) in [5.74, 6) is -2.74. The van der Waals surface area contributed by atoms with Crippen LogP contribution in [0, 0.1) is 0 Å². The van der Waals surface area contributed by atoms with E-state index in [1.807, 2.05) is 0 Å². The molecular weight excluding hydrogens is 331 g/mol. The molecule has 1 heterocycles. The highest BCUT2D eigenvalue weighted by Gasteiger charge is 2.46. The van der Waals surface area contributed by atoms with Crippen LogP contribution in [0.5, 0.6) is 0 Å². The number of halogens is 4. The summed E-state index contributed by atoms with van der Waals surface area (Å²) in [6, 6.07) is 4.02. The van der Waals surface area contributed by atoms with Crippen LogP contribution < -0.4 is 4.90 Å². The highest BCUT2D eigenvalue weighted by Crippen LogP contribution is 2.30. The topological polar surface area (TPSA) is 54.5 Å². The molecule has 4 nitrogen and oxygen atoms in total. The van der Waals surface area contributed by atoms with Crippen LogP contribution in [0.1, 0.15) is 0 Å². The van der Waals surface area contributed by atoms with Crippen molar-refractivity contribution in [2.24, 2.45) is 0 Å². The Morgan fingerprint density at radius 2 is 2.00 bits per heavy atom. The van der Waals surface area contributed by atoms with Crippen LogP contribution in [0.3, 0.4) is 0 Å². The molecule has 2 rings (SSSR count). The summed E-state index contributed by atoms with van der Waals surface area (Å²) in [5.41, 5.74) is -0.114. The summed E-state index contributed by atoms with van der Waals surface area (Å²) >= 11 is 5.72. The molecule has 0 saturated carbocycles. The van der Waals surface area contributed by atoms with Crippen molar-refractivity contribution in [3.05, 3.63) is 40.8 Å². The molecule has 9 heteroatoms. The molecule has 1 aromatic rings. The molecule has 0 aromatic heterocycles. The van der Waals surface area contributed by atoms with Crippen LogP contribution in [-0.4, -0.2) is 32.3 Å². The molecule has 1 amide bonds. The molecule has 0 spiro atoms. The standard InChI is InChI=1S/C12H9ClF3NO3S/c13-8-2-1-3-9(6-8)17(11(18)12(14,15)16)10-4-5-21(19,20)7-10/h1-6,10H,7H2/t10-/m1/s1. The van der Waals surface area contributed by atoms with Crippen molar-refractivity contribution in [2.45, 2.75) is 12.2 Å². The Kier molecular flexibility index (Phi) is 4.03. The summed E-state index contributed by atoms with van der Waals surface area (Å²) in [7, 11) is -3.61. The normalized spacial score (nSPS) is 20.5. The number of anilines is 1. The Balaban J connectivity index is 2.46. The van der Waals surface area contributed by atoms with Gasteiger partial charge in [0, 0.05) is 16.1 Å². The smallest absolute Gasteiger partial charge is 0.297 e. The molecule has 0 unspecified atom stereocenters. The van der Waals surface area contributed by atoms with Crippen molar-refractivity contribution in [3.8, 4) is 0 Å². The SMILES string of the molecule is O=C(N(c1cccc(Cl)c1)[C@@H]1C=CS(=O)(=O)C1)C(F)(F)F. The van der Waals surface area contributed by atoms with Gasteiger partial charge in [0.05, 0.1) is 11.8 Å². The van der Waals surface area contributed by atoms with Gasteiger partial charge < -0.3 is 0 Å². The number of hydrogen-bond donors (Lipinski definition) is 0. The number of carbonyl (C=O) groups excluding carboxylic acids is 1. The van der Waals surface area contributed by atoms with Crippen LogP contribution in [0.4, 0.5) is 18.9 Å². The van der Waals surface area contributed by atoms with Crippen molar-refractivity contribution in [1.82, 2.24) is 0 Å². The van der Waals surface area contributed by atoms with E-state index in [0.29, 0.717) is 4.90 Å². The van der Waals surface area contributed by atoms with E-state index < -0.39 is 33.7 Å². The lowest BCUT2D eigenvalue weighted by Gasteiger charge is -2.28. The maximum absolute atomic E-state index is 12.7. The first kappa shape index (κ1) is 15.8. The fourth-order valence-corrected chi connectivity index (χ4v) is 3.39. The van der Waals surface area contributed by atoms with E-state index in [2.05, 4.69) is 0 Å². The molecule has 0 fully saturated rings. The highest BCUT2D eigenvalue weighted by atomic mass is 35.5. The molecule has 0 radical (unpaired) electrons. The summed E-state index contributed by atoms with van der Waals surface area (Å²) in [5, 5.41) is 0.941. The van der Waals surface area contributed by atoms with Crippen molar-refractivity contribution in [3.63, 3.8) is 0 Å². The van der Waals surface area contributed by atoms with Crippen molar-refractivity contribution >= 4 is 33.0 Å². The van der Waals surface area contributed by atoms with Crippen molar-refractivity contribution in [2.75, 3.05) is 10.7 Å². The van der Waals surface area contributed by atoms with Crippen LogP contribution in [0.25, 0.3) is 0 Å². The predicted octanol–water partition coefficient (Wildman–Crippen LogP) is 2.55. The van der Waals surface area contributed by atoms with Crippen LogP contribution in [0.2, 0.25) is 5.02 Å². The first-order chi connectivity index (χ1) is 9.60. The van der Waals surface area contributed by atoms with E-state index in [4.69, 9.17) is 11.6 Å². The molecule has 21 heavy (non-hydrogen) atoms. The lowest BCUT2D eigenvalue weighted by Crippen LogP contribution is -2.47. The number of alkyl halides is 3. The van der Waals surface area contributed by atoms with Gasteiger partial charge in [-0.05, 0) is 24.3 Å². The van der Waals surface area contributed by atoms with Gasteiger partial charge in [0.1, 0.15) is 0 Å². The Morgan fingerprint density at radius 1 is 1.33 bits per heavy atom. The molecule has 0 saturated heterocycles. The summed E-state index contributed by atoms with van der Waals surface area (Å²) in [4.78, 5) is 12.0. The average molecular weight is 340 g/mol. The molecule has 0 N–H and O–H groups in total. The lowest BCUT2D eigenvalue weighted by molar-refractivity contribution is -0.170. The fraction of sp³-hybridized carbons (Fsp3) is 0.250. The van der Waals surface area contributed by atoms with E-state index >= 15 is 0 Å². The van der Waals surface area contributed by atoms with Gasteiger partial charge in [0.25, 0.3) is 0 Å². The first-order valence-corrected chi connectivity index (χ1v) is 7.76. The summed E-state index contributed by atoms with van der Waals surface area (Å²) in [6.07, 6.45) is -4.07. The number of nitrogens with zero attached hydrogens (tertiary/aromatic N) is 1. The van der Waals surface area contributed by atoms with Gasteiger partial charge in [0.15, 0.2) is 9.84 Å². The number of benzene rings is 1. The van der Waals surface area contributed by atoms with E-state index in [1.54, 1.807) is 0 Å². The maximum atomic E-state index is 12.7. The zero-order chi connectivity index (χ0) is 15.8. The number of rotatable bonds is 2. The largest absolute Gasteiger partial charge is 0.471 e. The molecule has 1 aliphatic heterocycles. The third-order valence-corrected chi connectivity index (χ3v) is 4.40. The minimum absolute atomic E-state index is 0.114. The maximum Gasteiger partial charge on any atom is 0.471 e. The van der Waals surface area contributed by atoms with Crippen LogP contribution >= 0.6 is 11.6 Å². The summed E-state index contributed by atoms with van der Waals surface area (Å²) in [6.45, 7) is 0. The number of sulfone groups is 1. The zero-order valence-electron chi connectivity index (χ0n) is 10.3. The lowest BCUT2D eigenvalue weighted by atomic mass is 10.2. The predicted molar refractivity (Wildman–Crippen MR) is 71.7 cm³/mol. The molecule has 0 aliphatic carbocycles. The second kappa shape index (κ2) is 5.34. The number of hydrogen-bond acceptors (Lipinski definition) is 3. The monoisotopic (exact) mass is 339 g/mol. The molecule has 1 aromatic carbocycles. The van der Waals surface area contributed by atoms with Gasteiger partial charge in [-0.3, -0.25) is 9.69 Å². The van der Waals surface area contributed by atoms with Crippen molar-refractivity contribution in [1.29, 1.82) is 0 Å². The number of amides is 1. The van der Waals surface area contributed by atoms with Crippen LogP contribution in [-0.2, 0) is 14.6 Å². The minimum atomic E-state index is -5.12. The summed E-state index contributed by atoms with van der Waals surface area (Å²) < 4.78 is 61.0. The molecule has 0 bridgehead atoms. The minimum Gasteiger partial charge on any atom is -0.297 e. The third-order valence-electron chi connectivity index (χ3n) is 2.79. The first-order valence-electron chi connectivity index (χ1n) is 5.67. The van der Waals surface area contributed by atoms with Gasteiger partial charge in [-0.1, -0.05) is 17.7 Å². The van der Waals surface area contributed by atoms with Crippen LogP contribution in [0.15, 0.2) is 35.7 Å². The van der Waals surface area contributed by atoms with E-state index in [9.17, 15) is 26.4 Å². The highest BCUT2D eigenvalue weighted by molar-refractivity contribution is 7.94. The Bertz CT molecular complexity index is 700. The zero-order valence-corrected chi connectivity index (χ0v) is 11.9. The molecule has 1 atom stereocenters. The second-order valence-electron chi connectivity index (χ2n) is 4.38. The Morgan fingerprint density at radius 3 is 2.48 bits per heavy atom. The molecule has 114 valence electrons. The van der Waals surface area contributed by atoms with Crippen molar-refractivity contribution < 1.29 is 26.4 Å². The Hall–Kier alpha value is -1.54.